The molecule has 0 fully saturated rings. The number of hydrogen-bond donors (Lipinski definition) is 0. The Labute approximate surface area is 146 Å². The van der Waals surface area contributed by atoms with Gasteiger partial charge in [-0.3, -0.25) is 0 Å². The number of ether oxygens (including phenoxy) is 1. The molecule has 0 aliphatic carbocycles. The number of carbonyl (C=O) groups is 1. The van der Waals surface area contributed by atoms with Crippen LogP contribution in [0.2, 0.25) is 10.0 Å². The van der Waals surface area contributed by atoms with Crippen molar-refractivity contribution in [1.29, 1.82) is 0 Å². The molecule has 0 atom stereocenters. The molecular weight excluding hydrogens is 331 g/mol. The molecule has 2 aromatic rings. The molecule has 120 valence electrons. The van der Waals surface area contributed by atoms with E-state index in [1.807, 2.05) is 12.1 Å². The predicted molar refractivity (Wildman–Crippen MR) is 96.3 cm³/mol. The molecule has 0 amide bonds. The zero-order valence-electron chi connectivity index (χ0n) is 13.3. The van der Waals surface area contributed by atoms with Gasteiger partial charge in [0.05, 0.1) is 10.0 Å². The summed E-state index contributed by atoms with van der Waals surface area (Å²) in [5, 5.41) is 0.922. The number of carbonyl (C=O) groups excluding carboxylic acids is 1. The van der Waals surface area contributed by atoms with E-state index in [2.05, 4.69) is 20.8 Å². The summed E-state index contributed by atoms with van der Waals surface area (Å²) in [7, 11) is 0. The van der Waals surface area contributed by atoms with Crippen LogP contribution >= 0.6 is 23.2 Å². The van der Waals surface area contributed by atoms with Crippen molar-refractivity contribution in [2.24, 2.45) is 0 Å². The van der Waals surface area contributed by atoms with Gasteiger partial charge < -0.3 is 4.74 Å². The highest BCUT2D eigenvalue weighted by atomic mass is 35.5. The summed E-state index contributed by atoms with van der Waals surface area (Å²) in [6, 6.07) is 12.7. The SMILES string of the molecule is CC(C)(C)c1ccc(OC(=O)/C=C/c2ccc(Cl)c(Cl)c2)cc1. The van der Waals surface area contributed by atoms with Crippen LogP contribution in [0.5, 0.6) is 5.75 Å². The van der Waals surface area contributed by atoms with Crippen molar-refractivity contribution < 1.29 is 9.53 Å². The third-order valence-corrected chi connectivity index (χ3v) is 4.03. The Balaban J connectivity index is 2.01. The smallest absolute Gasteiger partial charge is 0.336 e. The Hall–Kier alpha value is -1.77. The summed E-state index contributed by atoms with van der Waals surface area (Å²) in [5.41, 5.74) is 2.03. The third-order valence-electron chi connectivity index (χ3n) is 3.29. The van der Waals surface area contributed by atoms with E-state index in [0.29, 0.717) is 15.8 Å². The van der Waals surface area contributed by atoms with Gasteiger partial charge in [-0.2, -0.15) is 0 Å². The molecule has 0 aliphatic heterocycles. The summed E-state index contributed by atoms with van der Waals surface area (Å²) in [6.45, 7) is 6.40. The standard InChI is InChI=1S/C19H18Cl2O2/c1-19(2,3)14-6-8-15(9-7-14)23-18(22)11-5-13-4-10-16(20)17(21)12-13/h4-12H,1-3H3/b11-5+. The maximum absolute atomic E-state index is 11.9. The average molecular weight is 349 g/mol. The van der Waals surface area contributed by atoms with E-state index in [-0.39, 0.29) is 5.41 Å². The monoisotopic (exact) mass is 348 g/mol. The lowest BCUT2D eigenvalue weighted by Crippen LogP contribution is -2.11. The van der Waals surface area contributed by atoms with Crippen LogP contribution in [0, 0.1) is 0 Å². The van der Waals surface area contributed by atoms with E-state index in [0.717, 1.165) is 5.56 Å². The van der Waals surface area contributed by atoms with Crippen LogP contribution in [-0.4, -0.2) is 5.97 Å². The molecular formula is C19H18Cl2O2. The number of benzene rings is 2. The predicted octanol–water partition coefficient (Wildman–Crippen LogP) is 5.91. The maximum Gasteiger partial charge on any atom is 0.336 e. The molecule has 4 heteroatoms. The Bertz CT molecular complexity index is 726. The van der Waals surface area contributed by atoms with Crippen LogP contribution in [0.3, 0.4) is 0 Å². The molecule has 2 rings (SSSR count). The van der Waals surface area contributed by atoms with Gasteiger partial charge in [-0.05, 0) is 46.9 Å². The number of rotatable bonds is 3. The first kappa shape index (κ1) is 17.6. The highest BCUT2D eigenvalue weighted by molar-refractivity contribution is 6.42. The van der Waals surface area contributed by atoms with Crippen molar-refractivity contribution in [2.75, 3.05) is 0 Å². The van der Waals surface area contributed by atoms with E-state index in [9.17, 15) is 4.79 Å². The second-order valence-electron chi connectivity index (χ2n) is 6.20. The van der Waals surface area contributed by atoms with E-state index in [1.54, 1.807) is 36.4 Å². The van der Waals surface area contributed by atoms with E-state index in [4.69, 9.17) is 27.9 Å². The minimum Gasteiger partial charge on any atom is -0.423 e. The molecule has 2 aromatic carbocycles. The summed E-state index contributed by atoms with van der Waals surface area (Å²) < 4.78 is 5.27. The van der Waals surface area contributed by atoms with Gasteiger partial charge in [0.15, 0.2) is 0 Å². The van der Waals surface area contributed by atoms with Gasteiger partial charge in [-0.15, -0.1) is 0 Å². The van der Waals surface area contributed by atoms with Crippen LogP contribution in [0.15, 0.2) is 48.5 Å². The molecule has 0 aliphatic rings. The fourth-order valence-electron chi connectivity index (χ4n) is 1.95. The molecule has 0 saturated heterocycles. The Morgan fingerprint density at radius 3 is 2.22 bits per heavy atom. The van der Waals surface area contributed by atoms with Crippen molar-refractivity contribution in [3.05, 3.63) is 69.7 Å². The van der Waals surface area contributed by atoms with Gasteiger partial charge in [-0.1, -0.05) is 62.2 Å². The number of esters is 1. The third kappa shape index (κ3) is 5.12. The second kappa shape index (κ2) is 7.20. The molecule has 0 aromatic heterocycles. The van der Waals surface area contributed by atoms with Gasteiger partial charge in [-0.25, -0.2) is 4.79 Å². The quantitative estimate of drug-likeness (QED) is 0.391. The summed E-state index contributed by atoms with van der Waals surface area (Å²) in [5.74, 6) is 0.0707. The molecule has 0 unspecified atom stereocenters. The van der Waals surface area contributed by atoms with Gasteiger partial charge in [0.25, 0.3) is 0 Å². The lowest BCUT2D eigenvalue weighted by atomic mass is 9.87. The first-order valence-electron chi connectivity index (χ1n) is 7.21. The minimum atomic E-state index is -0.445. The van der Waals surface area contributed by atoms with Crippen LogP contribution in [0.25, 0.3) is 6.08 Å². The number of halogens is 2. The first-order valence-corrected chi connectivity index (χ1v) is 7.97. The zero-order valence-corrected chi connectivity index (χ0v) is 14.8. The van der Waals surface area contributed by atoms with Crippen molar-refractivity contribution in [1.82, 2.24) is 0 Å². The lowest BCUT2D eigenvalue weighted by molar-refractivity contribution is -0.128. The molecule has 2 nitrogen and oxygen atoms in total. The average Bonchev–Trinajstić information content (AvgIpc) is 2.48. The van der Waals surface area contributed by atoms with Crippen molar-refractivity contribution in [3.63, 3.8) is 0 Å². The molecule has 0 bridgehead atoms. The van der Waals surface area contributed by atoms with Crippen molar-refractivity contribution >= 4 is 35.2 Å². The van der Waals surface area contributed by atoms with Gasteiger partial charge in [0.1, 0.15) is 5.75 Å². The van der Waals surface area contributed by atoms with Crippen LogP contribution in [-0.2, 0) is 10.2 Å². The van der Waals surface area contributed by atoms with E-state index in [1.165, 1.54) is 11.6 Å². The Morgan fingerprint density at radius 1 is 1.00 bits per heavy atom. The maximum atomic E-state index is 11.9. The normalized spacial score (nSPS) is 11.7. The molecule has 0 heterocycles. The summed E-state index contributed by atoms with van der Waals surface area (Å²) in [4.78, 5) is 11.9. The highest BCUT2D eigenvalue weighted by Crippen LogP contribution is 2.25. The van der Waals surface area contributed by atoms with Crippen LogP contribution < -0.4 is 4.74 Å². The topological polar surface area (TPSA) is 26.3 Å². The van der Waals surface area contributed by atoms with Gasteiger partial charge in [0, 0.05) is 6.08 Å². The fraction of sp³-hybridized carbons (Fsp3) is 0.211. The van der Waals surface area contributed by atoms with Gasteiger partial charge >= 0.3 is 5.97 Å². The van der Waals surface area contributed by atoms with Crippen LogP contribution in [0.1, 0.15) is 31.9 Å². The molecule has 0 saturated carbocycles. The van der Waals surface area contributed by atoms with Gasteiger partial charge in [0.2, 0.25) is 0 Å². The lowest BCUT2D eigenvalue weighted by Gasteiger charge is -2.18. The minimum absolute atomic E-state index is 0.0658. The van der Waals surface area contributed by atoms with Crippen molar-refractivity contribution in [3.8, 4) is 5.75 Å². The largest absolute Gasteiger partial charge is 0.423 e. The highest BCUT2D eigenvalue weighted by Gasteiger charge is 2.13. The zero-order chi connectivity index (χ0) is 17.0. The number of hydrogen-bond acceptors (Lipinski definition) is 2. The molecule has 0 N–H and O–H groups in total. The fourth-order valence-corrected chi connectivity index (χ4v) is 2.26. The van der Waals surface area contributed by atoms with E-state index >= 15 is 0 Å². The molecule has 23 heavy (non-hydrogen) atoms. The van der Waals surface area contributed by atoms with Crippen molar-refractivity contribution in [2.45, 2.75) is 26.2 Å². The Kier molecular flexibility index (Phi) is 5.51. The van der Waals surface area contributed by atoms with E-state index < -0.39 is 5.97 Å². The van der Waals surface area contributed by atoms with Crippen LogP contribution in [0.4, 0.5) is 0 Å². The first-order chi connectivity index (χ1) is 10.8. The summed E-state index contributed by atoms with van der Waals surface area (Å²) >= 11 is 11.8. The summed E-state index contributed by atoms with van der Waals surface area (Å²) in [6.07, 6.45) is 2.99. The Morgan fingerprint density at radius 2 is 1.65 bits per heavy atom. The molecule has 0 spiro atoms. The second-order valence-corrected chi connectivity index (χ2v) is 7.02. The molecule has 0 radical (unpaired) electrons.